The number of aliphatic imine (C=N–C) groups is 2. The Hall–Kier alpha value is -7.33. The van der Waals surface area contributed by atoms with Crippen molar-refractivity contribution in [2.75, 3.05) is 38.5 Å². The highest BCUT2D eigenvalue weighted by Crippen LogP contribution is 2.48. The third kappa shape index (κ3) is 24.0. The zero-order valence-corrected chi connectivity index (χ0v) is 48.6. The molecule has 1 heterocycles. The SMILES string of the molecule is CCOc1ccc(C[C@H]2NC(=O)CC3(CCCCC3)SSC[C@H](C(=O)NCCNC(=O)[C@@H](CCCN=C(N)N)NC(=O)[C@H](N)CCCN=C(N)N)NC(=O)[C@@H](CC(N)=O)NC(=O)[C@H](C(C)C)NC(=O)[C@@H](Cc3ccccc3)NC2=O)cc1. The average Bonchev–Trinajstić information content (AvgIpc) is 3.48. The molecule has 0 unspecified atom stereocenters. The molecule has 2 fully saturated rings. The monoisotopic (exact) mass is 1180 g/mol. The summed E-state index contributed by atoms with van der Waals surface area (Å²) in [6.07, 6.45) is 4.11. The number of hydrogen-bond acceptors (Lipinski definition) is 15. The highest BCUT2D eigenvalue weighted by Gasteiger charge is 2.39. The van der Waals surface area contributed by atoms with Crippen LogP contribution in [0.1, 0.15) is 103 Å². The number of rotatable bonds is 24. The van der Waals surface area contributed by atoms with E-state index in [1.807, 2.05) is 6.92 Å². The lowest BCUT2D eigenvalue weighted by molar-refractivity contribution is -0.136. The number of benzene rings is 2. The number of hydrogen-bond donors (Lipinski definition) is 14. The first-order valence-corrected chi connectivity index (χ1v) is 30.0. The first-order valence-electron chi connectivity index (χ1n) is 27.7. The molecule has 0 radical (unpaired) electrons. The van der Waals surface area contributed by atoms with Crippen LogP contribution in [0.15, 0.2) is 64.6 Å². The van der Waals surface area contributed by atoms with Gasteiger partial charge in [-0.1, -0.05) is 97.2 Å². The van der Waals surface area contributed by atoms with Crippen LogP contribution in [-0.2, 0) is 56.0 Å². The van der Waals surface area contributed by atoms with E-state index in [-0.39, 0.29) is 76.0 Å². The highest BCUT2D eigenvalue weighted by atomic mass is 33.1. The number of guanidine groups is 2. The number of ether oxygens (including phenoxy) is 1. The zero-order valence-electron chi connectivity index (χ0n) is 47.0. The minimum Gasteiger partial charge on any atom is -0.494 e. The fourth-order valence-corrected chi connectivity index (χ4v) is 12.5. The third-order valence-electron chi connectivity index (χ3n) is 13.5. The second kappa shape index (κ2) is 34.8. The lowest BCUT2D eigenvalue weighted by Crippen LogP contribution is -2.61. The number of nitrogens with one attached hydrogen (secondary N) is 8. The van der Waals surface area contributed by atoms with Crippen LogP contribution in [0.4, 0.5) is 0 Å². The molecule has 2 aliphatic rings. The fourth-order valence-electron chi connectivity index (χ4n) is 9.15. The molecule has 2 aromatic rings. The fraction of sp³-hybridized carbons (Fsp3) is 0.574. The van der Waals surface area contributed by atoms with E-state index >= 15 is 0 Å². The summed E-state index contributed by atoms with van der Waals surface area (Å²) in [4.78, 5) is 133. The Bertz CT molecular complexity index is 2510. The van der Waals surface area contributed by atoms with E-state index < -0.39 is 113 Å². The first-order chi connectivity index (χ1) is 39.1. The molecule has 0 bridgehead atoms. The first kappa shape index (κ1) is 67.2. The molecule has 9 amide bonds. The van der Waals surface area contributed by atoms with Gasteiger partial charge in [0, 0.05) is 55.9 Å². The summed E-state index contributed by atoms with van der Waals surface area (Å²) in [6, 6.07) is 7.26. The normalized spacial score (nSPS) is 20.9. The predicted octanol–water partition coefficient (Wildman–Crippen LogP) is -1.53. The van der Waals surface area contributed by atoms with Crippen molar-refractivity contribution in [2.24, 2.45) is 50.3 Å². The van der Waals surface area contributed by atoms with Crippen LogP contribution in [0.25, 0.3) is 0 Å². The van der Waals surface area contributed by atoms with Crippen molar-refractivity contribution in [3.8, 4) is 5.75 Å². The zero-order chi connectivity index (χ0) is 60.2. The van der Waals surface area contributed by atoms with Crippen LogP contribution in [0.5, 0.6) is 5.75 Å². The standard InChI is InChI=1S/C54H84N16O10S2/c1-4-80-35-19-17-34(18-20-35)28-38-48(76)67-39(27-33-13-7-5-8-14-33)50(78)70-44(32(2)3)51(79)68-40(29-42(56)71)49(77)69-41(31-81-82-54(30-43(72)65-38)21-9-6-10-22-54)47(75)62-26-25-61-46(74)37(16-12-24-64-53(59)60)66-45(73)36(55)15-11-23-63-52(57)58/h5,7-8,13-14,17-20,32,36-41,44H,4,6,9-12,15-16,21-31,55H2,1-3H3,(H2,56,71)(H,61,74)(H,62,75)(H,65,72)(H,66,73)(H,67,76)(H,68,79)(H,69,77)(H,70,78)(H4,57,58,63)(H4,59,60,64)/t36-,37-,38-,39-,40-,41-,44+/m1/s1. The molecule has 1 saturated heterocycles. The third-order valence-corrected chi connectivity index (χ3v) is 16.8. The van der Waals surface area contributed by atoms with Gasteiger partial charge < -0.3 is 81.7 Å². The topological polar surface area (TPSA) is 440 Å². The molecule has 28 heteroatoms. The van der Waals surface area contributed by atoms with Gasteiger partial charge in [0.05, 0.1) is 19.1 Å². The van der Waals surface area contributed by atoms with E-state index in [1.165, 1.54) is 21.6 Å². The molecule has 20 N–H and O–H groups in total. The second-order valence-corrected chi connectivity index (χ2v) is 23.4. The van der Waals surface area contributed by atoms with Gasteiger partial charge in [0.15, 0.2) is 11.9 Å². The largest absolute Gasteiger partial charge is 0.494 e. The lowest BCUT2D eigenvalue weighted by Gasteiger charge is -2.36. The van der Waals surface area contributed by atoms with Crippen LogP contribution in [0.2, 0.25) is 0 Å². The van der Waals surface area contributed by atoms with E-state index in [1.54, 1.807) is 68.4 Å². The molecular formula is C54H84N16O10S2. The maximum atomic E-state index is 14.6. The van der Waals surface area contributed by atoms with Crippen LogP contribution in [0, 0.1) is 5.92 Å². The molecule has 1 aliphatic heterocycles. The molecule has 4 rings (SSSR count). The average molecular weight is 1180 g/mol. The molecule has 82 heavy (non-hydrogen) atoms. The second-order valence-electron chi connectivity index (χ2n) is 20.6. The van der Waals surface area contributed by atoms with E-state index in [2.05, 4.69) is 52.5 Å². The quantitative estimate of drug-likeness (QED) is 0.0245. The van der Waals surface area contributed by atoms with Crippen molar-refractivity contribution in [1.29, 1.82) is 0 Å². The van der Waals surface area contributed by atoms with Gasteiger partial charge in [0.1, 0.15) is 42.0 Å². The van der Waals surface area contributed by atoms with Crippen molar-refractivity contribution < 1.29 is 47.9 Å². The van der Waals surface area contributed by atoms with Gasteiger partial charge in [-0.05, 0) is 74.6 Å². The number of nitrogens with two attached hydrogens (primary N) is 6. The summed E-state index contributed by atoms with van der Waals surface area (Å²) in [7, 11) is 2.62. The van der Waals surface area contributed by atoms with Gasteiger partial charge in [0.2, 0.25) is 53.2 Å². The van der Waals surface area contributed by atoms with Gasteiger partial charge in [-0.2, -0.15) is 0 Å². The van der Waals surface area contributed by atoms with Gasteiger partial charge in [-0.25, -0.2) is 0 Å². The van der Waals surface area contributed by atoms with E-state index in [0.717, 1.165) is 19.3 Å². The summed E-state index contributed by atoms with van der Waals surface area (Å²) in [5, 5.41) is 22.0. The Morgan fingerprint density at radius 1 is 0.695 bits per heavy atom. The van der Waals surface area contributed by atoms with Crippen LogP contribution >= 0.6 is 21.6 Å². The van der Waals surface area contributed by atoms with E-state index in [4.69, 9.17) is 39.1 Å². The Morgan fingerprint density at radius 2 is 1.27 bits per heavy atom. The molecule has 1 saturated carbocycles. The smallest absolute Gasteiger partial charge is 0.243 e. The summed E-state index contributed by atoms with van der Waals surface area (Å²) >= 11 is 0. The molecule has 0 aromatic heterocycles. The Balaban J connectivity index is 1.64. The van der Waals surface area contributed by atoms with Gasteiger partial charge in [-0.3, -0.25) is 53.1 Å². The molecule has 7 atom stereocenters. The van der Waals surface area contributed by atoms with Crippen molar-refractivity contribution >= 4 is 86.7 Å². The number of nitrogens with zero attached hydrogens (tertiary/aromatic N) is 2. The number of amides is 9. The molecule has 452 valence electrons. The summed E-state index contributed by atoms with van der Waals surface area (Å²) in [5.74, 6) is -6.80. The Labute approximate surface area is 486 Å². The number of carbonyl (C=O) groups is 9. The summed E-state index contributed by atoms with van der Waals surface area (Å²) < 4.78 is 4.95. The molecule has 2 aromatic carbocycles. The molecule has 26 nitrogen and oxygen atoms in total. The maximum Gasteiger partial charge on any atom is 0.243 e. The van der Waals surface area contributed by atoms with Crippen molar-refractivity contribution in [2.45, 2.75) is 151 Å². The highest BCUT2D eigenvalue weighted by molar-refractivity contribution is 8.77. The summed E-state index contributed by atoms with van der Waals surface area (Å²) in [6.45, 7) is 5.72. The molecular weight excluding hydrogens is 1100 g/mol. The maximum absolute atomic E-state index is 14.6. The van der Waals surface area contributed by atoms with Crippen LogP contribution in [0.3, 0.4) is 0 Å². The molecule has 1 aliphatic carbocycles. The van der Waals surface area contributed by atoms with Gasteiger partial charge >= 0.3 is 0 Å². The predicted molar refractivity (Wildman–Crippen MR) is 316 cm³/mol. The van der Waals surface area contributed by atoms with Gasteiger partial charge in [-0.15, -0.1) is 0 Å². The van der Waals surface area contributed by atoms with Crippen molar-refractivity contribution in [3.05, 3.63) is 65.7 Å². The lowest BCUT2D eigenvalue weighted by atomic mass is 9.85. The minimum absolute atomic E-state index is 0.00575. The van der Waals surface area contributed by atoms with Crippen LogP contribution in [-0.4, -0.2) is 151 Å². The minimum atomic E-state index is -1.62. The van der Waals surface area contributed by atoms with Crippen LogP contribution < -0.4 is 81.7 Å². The summed E-state index contributed by atoms with van der Waals surface area (Å²) in [5.41, 5.74) is 34.8. The number of carbonyl (C=O) groups excluding carboxylic acids is 9. The molecule has 1 spiro atoms. The van der Waals surface area contributed by atoms with Gasteiger partial charge in [0.25, 0.3) is 0 Å². The number of primary amides is 1. The van der Waals surface area contributed by atoms with E-state index in [0.29, 0.717) is 49.2 Å². The Kier molecular flexibility index (Phi) is 28.5. The van der Waals surface area contributed by atoms with E-state index in [9.17, 15) is 43.2 Å². The van der Waals surface area contributed by atoms with Crippen molar-refractivity contribution in [1.82, 2.24) is 42.5 Å². The van der Waals surface area contributed by atoms with Crippen molar-refractivity contribution in [3.63, 3.8) is 0 Å². The Morgan fingerprint density at radius 3 is 1.88 bits per heavy atom.